The Morgan fingerprint density at radius 3 is 2.65 bits per heavy atom. The van der Waals surface area contributed by atoms with Crippen LogP contribution in [-0.4, -0.2) is 18.1 Å². The number of carbonyl (C=O) groups excluding carboxylic acids is 1. The molecule has 4 heteroatoms. The third kappa shape index (κ3) is 1.74. The standard InChI is InChI=1S/C16H21NO3/c1-10-13(20-2)9-8-12-14(10)17-15(18)16(12,19)11-6-4-3-5-7-11/h8-9,11,19H,3-7H2,1-2H3,(H,17,18). The fraction of sp³-hybridized carbons (Fsp3) is 0.562. The molecule has 2 N–H and O–H groups in total. The molecular formula is C16H21NO3. The van der Waals surface area contributed by atoms with E-state index in [0.717, 1.165) is 42.7 Å². The predicted molar refractivity (Wildman–Crippen MR) is 76.8 cm³/mol. The molecule has 1 amide bonds. The van der Waals surface area contributed by atoms with Gasteiger partial charge in [0.05, 0.1) is 12.8 Å². The maximum atomic E-state index is 12.4. The zero-order valence-corrected chi connectivity index (χ0v) is 12.0. The summed E-state index contributed by atoms with van der Waals surface area (Å²) in [5.41, 5.74) is 0.951. The van der Waals surface area contributed by atoms with Gasteiger partial charge in [-0.05, 0) is 31.9 Å². The quantitative estimate of drug-likeness (QED) is 0.872. The van der Waals surface area contributed by atoms with Crippen LogP contribution in [0, 0.1) is 12.8 Å². The lowest BCUT2D eigenvalue weighted by molar-refractivity contribution is -0.141. The average Bonchev–Trinajstić information content (AvgIpc) is 2.75. The summed E-state index contributed by atoms with van der Waals surface area (Å²) in [6.45, 7) is 1.91. The van der Waals surface area contributed by atoms with E-state index in [9.17, 15) is 9.90 Å². The first-order valence-corrected chi connectivity index (χ1v) is 7.31. The number of carbonyl (C=O) groups is 1. The van der Waals surface area contributed by atoms with E-state index in [-0.39, 0.29) is 11.8 Å². The fourth-order valence-corrected chi connectivity index (χ4v) is 3.65. The van der Waals surface area contributed by atoms with Crippen LogP contribution in [0.4, 0.5) is 5.69 Å². The number of benzene rings is 1. The van der Waals surface area contributed by atoms with Gasteiger partial charge in [0, 0.05) is 17.0 Å². The predicted octanol–water partition coefficient (Wildman–Crippen LogP) is 2.72. The third-order valence-corrected chi connectivity index (χ3v) is 4.83. The first-order valence-electron chi connectivity index (χ1n) is 7.31. The molecule has 0 spiro atoms. The van der Waals surface area contributed by atoms with Gasteiger partial charge < -0.3 is 15.2 Å². The zero-order valence-electron chi connectivity index (χ0n) is 12.0. The van der Waals surface area contributed by atoms with Gasteiger partial charge >= 0.3 is 0 Å². The minimum Gasteiger partial charge on any atom is -0.496 e. The van der Waals surface area contributed by atoms with Crippen LogP contribution in [0.25, 0.3) is 0 Å². The zero-order chi connectivity index (χ0) is 14.3. The number of aliphatic hydroxyl groups is 1. The molecule has 1 fully saturated rings. The summed E-state index contributed by atoms with van der Waals surface area (Å²) < 4.78 is 5.29. The first kappa shape index (κ1) is 13.4. The van der Waals surface area contributed by atoms with E-state index in [4.69, 9.17) is 4.74 Å². The molecule has 1 aromatic carbocycles. The number of hydrogen-bond donors (Lipinski definition) is 2. The highest BCUT2D eigenvalue weighted by Crippen LogP contribution is 2.48. The van der Waals surface area contributed by atoms with Crippen LogP contribution in [0.5, 0.6) is 5.75 Å². The van der Waals surface area contributed by atoms with E-state index >= 15 is 0 Å². The summed E-state index contributed by atoms with van der Waals surface area (Å²) in [4.78, 5) is 12.4. The molecule has 20 heavy (non-hydrogen) atoms. The van der Waals surface area contributed by atoms with E-state index in [0.29, 0.717) is 5.56 Å². The lowest BCUT2D eigenvalue weighted by Crippen LogP contribution is -2.42. The van der Waals surface area contributed by atoms with Gasteiger partial charge in [0.1, 0.15) is 5.75 Å². The van der Waals surface area contributed by atoms with E-state index in [2.05, 4.69) is 5.32 Å². The van der Waals surface area contributed by atoms with Crippen LogP contribution < -0.4 is 10.1 Å². The Kier molecular flexibility index (Phi) is 3.21. The Balaban J connectivity index is 2.07. The van der Waals surface area contributed by atoms with E-state index in [1.54, 1.807) is 7.11 Å². The maximum Gasteiger partial charge on any atom is 0.261 e. The van der Waals surface area contributed by atoms with Crippen molar-refractivity contribution in [1.29, 1.82) is 0 Å². The summed E-state index contributed by atoms with van der Waals surface area (Å²) in [6, 6.07) is 3.66. The van der Waals surface area contributed by atoms with Crippen molar-refractivity contribution >= 4 is 11.6 Å². The van der Waals surface area contributed by atoms with Crippen molar-refractivity contribution in [2.75, 3.05) is 12.4 Å². The number of nitrogens with one attached hydrogen (secondary N) is 1. The fourth-order valence-electron chi connectivity index (χ4n) is 3.65. The average molecular weight is 275 g/mol. The Bertz CT molecular complexity index is 549. The normalized spacial score (nSPS) is 26.2. The number of rotatable bonds is 2. The molecule has 1 atom stereocenters. The molecular weight excluding hydrogens is 254 g/mol. The van der Waals surface area contributed by atoms with Crippen LogP contribution >= 0.6 is 0 Å². The molecule has 108 valence electrons. The second-order valence-corrected chi connectivity index (χ2v) is 5.87. The first-order chi connectivity index (χ1) is 9.59. The lowest BCUT2D eigenvalue weighted by atomic mass is 9.74. The highest BCUT2D eigenvalue weighted by molar-refractivity contribution is 6.06. The topological polar surface area (TPSA) is 58.6 Å². The molecule has 1 unspecified atom stereocenters. The summed E-state index contributed by atoms with van der Waals surface area (Å²) in [5, 5.41) is 13.9. The molecule has 0 radical (unpaired) electrons. The highest BCUT2D eigenvalue weighted by atomic mass is 16.5. The SMILES string of the molecule is COc1ccc2c(c1C)NC(=O)C2(O)C1CCCCC1. The van der Waals surface area contributed by atoms with Crippen molar-refractivity contribution in [3.05, 3.63) is 23.3 Å². The summed E-state index contributed by atoms with van der Waals surface area (Å²) in [6.07, 6.45) is 5.20. The van der Waals surface area contributed by atoms with Gasteiger partial charge in [-0.25, -0.2) is 0 Å². The largest absolute Gasteiger partial charge is 0.496 e. The number of hydrogen-bond acceptors (Lipinski definition) is 3. The number of ether oxygens (including phenoxy) is 1. The molecule has 1 aliphatic heterocycles. The Hall–Kier alpha value is -1.55. The van der Waals surface area contributed by atoms with Gasteiger partial charge in [-0.15, -0.1) is 0 Å². The van der Waals surface area contributed by atoms with E-state index in [1.165, 1.54) is 6.42 Å². The van der Waals surface area contributed by atoms with Gasteiger partial charge in [0.15, 0.2) is 5.60 Å². The van der Waals surface area contributed by atoms with Crippen molar-refractivity contribution in [2.45, 2.75) is 44.6 Å². The summed E-state index contributed by atoms with van der Waals surface area (Å²) in [7, 11) is 1.61. The van der Waals surface area contributed by atoms with Crippen LogP contribution in [0.1, 0.15) is 43.2 Å². The highest BCUT2D eigenvalue weighted by Gasteiger charge is 2.51. The number of fused-ring (bicyclic) bond motifs is 1. The Morgan fingerprint density at radius 2 is 2.00 bits per heavy atom. The summed E-state index contributed by atoms with van der Waals surface area (Å²) in [5.74, 6) is 0.470. The lowest BCUT2D eigenvalue weighted by Gasteiger charge is -2.33. The molecule has 1 aromatic rings. The molecule has 0 aromatic heterocycles. The second-order valence-electron chi connectivity index (χ2n) is 5.87. The molecule has 1 heterocycles. The van der Waals surface area contributed by atoms with Gasteiger partial charge in [0.2, 0.25) is 0 Å². The molecule has 0 saturated heterocycles. The minimum atomic E-state index is -1.37. The van der Waals surface area contributed by atoms with Crippen LogP contribution in [0.2, 0.25) is 0 Å². The van der Waals surface area contributed by atoms with Crippen molar-refractivity contribution < 1.29 is 14.6 Å². The van der Waals surface area contributed by atoms with Crippen molar-refractivity contribution in [2.24, 2.45) is 5.92 Å². The van der Waals surface area contributed by atoms with Crippen molar-refractivity contribution in [3.8, 4) is 5.75 Å². The number of methoxy groups -OCH3 is 1. The van der Waals surface area contributed by atoms with E-state index < -0.39 is 5.60 Å². The number of amides is 1. The maximum absolute atomic E-state index is 12.4. The monoisotopic (exact) mass is 275 g/mol. The molecule has 1 saturated carbocycles. The van der Waals surface area contributed by atoms with Crippen LogP contribution in [0.3, 0.4) is 0 Å². The van der Waals surface area contributed by atoms with Crippen molar-refractivity contribution in [1.82, 2.24) is 0 Å². The Labute approximate surface area is 119 Å². The third-order valence-electron chi connectivity index (χ3n) is 4.83. The van der Waals surface area contributed by atoms with Crippen molar-refractivity contribution in [3.63, 3.8) is 0 Å². The van der Waals surface area contributed by atoms with Gasteiger partial charge in [-0.1, -0.05) is 19.3 Å². The Morgan fingerprint density at radius 1 is 1.30 bits per heavy atom. The molecule has 1 aliphatic carbocycles. The molecule has 4 nitrogen and oxygen atoms in total. The minimum absolute atomic E-state index is 0.0188. The summed E-state index contributed by atoms with van der Waals surface area (Å²) >= 11 is 0. The van der Waals surface area contributed by atoms with Crippen LogP contribution in [-0.2, 0) is 10.4 Å². The molecule has 2 aliphatic rings. The smallest absolute Gasteiger partial charge is 0.261 e. The number of anilines is 1. The van der Waals surface area contributed by atoms with E-state index in [1.807, 2.05) is 19.1 Å². The molecule has 0 bridgehead atoms. The van der Waals surface area contributed by atoms with Gasteiger partial charge in [-0.3, -0.25) is 4.79 Å². The van der Waals surface area contributed by atoms with Gasteiger partial charge in [-0.2, -0.15) is 0 Å². The van der Waals surface area contributed by atoms with Gasteiger partial charge in [0.25, 0.3) is 5.91 Å². The second kappa shape index (κ2) is 4.77. The molecule has 3 rings (SSSR count). The van der Waals surface area contributed by atoms with Crippen LogP contribution in [0.15, 0.2) is 12.1 Å².